The molecule has 0 spiro atoms. The van der Waals surface area contributed by atoms with E-state index in [1.807, 2.05) is 43.3 Å². The second kappa shape index (κ2) is 9.66. The number of carbonyl (C=O) groups is 1. The number of rotatable bonds is 8. The molecule has 0 aliphatic rings. The summed E-state index contributed by atoms with van der Waals surface area (Å²) in [4.78, 5) is 20.2. The van der Waals surface area contributed by atoms with Gasteiger partial charge in [-0.3, -0.25) is 4.79 Å². The Labute approximate surface area is 169 Å². The topological polar surface area (TPSA) is 46.8 Å². The zero-order chi connectivity index (χ0) is 19.9. The van der Waals surface area contributed by atoms with Crippen LogP contribution in [0, 0.1) is 0 Å². The lowest BCUT2D eigenvalue weighted by molar-refractivity contribution is 0.0996. The van der Waals surface area contributed by atoms with Gasteiger partial charge in [0.15, 0.2) is 4.80 Å². The summed E-state index contributed by atoms with van der Waals surface area (Å²) in [6.45, 7) is 10.0. The van der Waals surface area contributed by atoms with Crippen molar-refractivity contribution < 1.29 is 9.53 Å². The van der Waals surface area contributed by atoms with E-state index in [1.54, 1.807) is 0 Å². The van der Waals surface area contributed by atoms with E-state index in [0.29, 0.717) is 30.1 Å². The Morgan fingerprint density at radius 2 is 1.79 bits per heavy atom. The minimum absolute atomic E-state index is 0.220. The SMILES string of the molecule is CCOCCn1c(=NC(=O)c2ccc(N(CC)CC)cc2)sc2ccccc21. The molecule has 0 N–H and O–H groups in total. The van der Waals surface area contributed by atoms with E-state index in [0.717, 1.165) is 29.0 Å². The molecule has 6 heteroatoms. The summed E-state index contributed by atoms with van der Waals surface area (Å²) in [5.74, 6) is -0.220. The normalized spacial score (nSPS) is 11.9. The second-order valence-corrected chi connectivity index (χ2v) is 7.35. The molecule has 5 nitrogen and oxygen atoms in total. The number of hydrogen-bond donors (Lipinski definition) is 0. The average Bonchev–Trinajstić information content (AvgIpc) is 3.07. The Bertz CT molecular complexity index is 985. The highest BCUT2D eigenvalue weighted by molar-refractivity contribution is 7.16. The number of fused-ring (bicyclic) bond motifs is 1. The van der Waals surface area contributed by atoms with Crippen molar-refractivity contribution in [1.29, 1.82) is 0 Å². The summed E-state index contributed by atoms with van der Waals surface area (Å²) >= 11 is 1.53. The smallest absolute Gasteiger partial charge is 0.279 e. The van der Waals surface area contributed by atoms with Crippen LogP contribution in [0.25, 0.3) is 10.2 Å². The molecule has 0 atom stereocenters. The number of nitrogens with zero attached hydrogens (tertiary/aromatic N) is 3. The fourth-order valence-corrected chi connectivity index (χ4v) is 4.23. The molecule has 0 radical (unpaired) electrons. The zero-order valence-electron chi connectivity index (χ0n) is 16.7. The van der Waals surface area contributed by atoms with E-state index in [2.05, 4.69) is 40.4 Å². The van der Waals surface area contributed by atoms with Gasteiger partial charge in [0, 0.05) is 37.5 Å². The Kier molecular flexibility index (Phi) is 7.01. The average molecular weight is 398 g/mol. The molecule has 1 amide bonds. The van der Waals surface area contributed by atoms with Crippen LogP contribution in [0.3, 0.4) is 0 Å². The van der Waals surface area contributed by atoms with Gasteiger partial charge in [-0.25, -0.2) is 0 Å². The molecule has 148 valence electrons. The standard InChI is InChI=1S/C22H27N3O2S/c1-4-24(5-2)18-13-11-17(12-14-18)21(26)23-22-25(15-16-27-6-3)19-9-7-8-10-20(19)28-22/h7-14H,4-6,15-16H2,1-3H3. The van der Waals surface area contributed by atoms with Crippen molar-refractivity contribution in [2.24, 2.45) is 4.99 Å². The lowest BCUT2D eigenvalue weighted by Gasteiger charge is -2.20. The lowest BCUT2D eigenvalue weighted by atomic mass is 10.2. The van der Waals surface area contributed by atoms with Crippen LogP contribution in [0.5, 0.6) is 0 Å². The van der Waals surface area contributed by atoms with Crippen molar-refractivity contribution in [2.45, 2.75) is 27.3 Å². The van der Waals surface area contributed by atoms with E-state index in [9.17, 15) is 4.79 Å². The van der Waals surface area contributed by atoms with E-state index >= 15 is 0 Å². The first kappa shape index (κ1) is 20.3. The maximum Gasteiger partial charge on any atom is 0.279 e. The number of thiazole rings is 1. The third-order valence-corrected chi connectivity index (χ3v) is 5.75. The molecule has 28 heavy (non-hydrogen) atoms. The van der Waals surface area contributed by atoms with Crippen LogP contribution in [0.2, 0.25) is 0 Å². The number of hydrogen-bond acceptors (Lipinski definition) is 4. The predicted molar refractivity (Wildman–Crippen MR) is 116 cm³/mol. The number of benzene rings is 2. The molecule has 3 aromatic rings. The van der Waals surface area contributed by atoms with E-state index in [4.69, 9.17) is 4.74 Å². The molecule has 0 aliphatic carbocycles. The Morgan fingerprint density at radius 3 is 2.46 bits per heavy atom. The Morgan fingerprint density at radius 1 is 1.07 bits per heavy atom. The summed E-state index contributed by atoms with van der Waals surface area (Å²) in [6, 6.07) is 15.8. The number of amides is 1. The first-order valence-corrected chi connectivity index (χ1v) is 10.6. The maximum absolute atomic E-state index is 12.8. The van der Waals surface area contributed by atoms with Crippen LogP contribution < -0.4 is 9.70 Å². The molecule has 1 heterocycles. The molecular formula is C22H27N3O2S. The third kappa shape index (κ3) is 4.51. The summed E-state index contributed by atoms with van der Waals surface area (Å²) in [6.07, 6.45) is 0. The number of anilines is 1. The highest BCUT2D eigenvalue weighted by Crippen LogP contribution is 2.18. The summed E-state index contributed by atoms with van der Waals surface area (Å²) in [5.41, 5.74) is 2.80. The quantitative estimate of drug-likeness (QED) is 0.532. The first-order valence-electron chi connectivity index (χ1n) is 9.78. The number of para-hydroxylation sites is 1. The van der Waals surface area contributed by atoms with Crippen molar-refractivity contribution in [3.63, 3.8) is 0 Å². The molecule has 0 unspecified atom stereocenters. The van der Waals surface area contributed by atoms with E-state index in [1.165, 1.54) is 11.3 Å². The van der Waals surface area contributed by atoms with Crippen molar-refractivity contribution in [3.8, 4) is 0 Å². The van der Waals surface area contributed by atoms with Gasteiger partial charge in [-0.15, -0.1) is 0 Å². The largest absolute Gasteiger partial charge is 0.380 e. The highest BCUT2D eigenvalue weighted by atomic mass is 32.1. The van der Waals surface area contributed by atoms with Crippen LogP contribution in [-0.2, 0) is 11.3 Å². The number of ether oxygens (including phenoxy) is 1. The van der Waals surface area contributed by atoms with Gasteiger partial charge in [0.2, 0.25) is 0 Å². The van der Waals surface area contributed by atoms with Crippen molar-refractivity contribution in [1.82, 2.24) is 4.57 Å². The molecule has 1 aromatic heterocycles. The molecule has 0 aliphatic heterocycles. The molecule has 3 rings (SSSR count). The monoisotopic (exact) mass is 397 g/mol. The molecule has 0 saturated heterocycles. The fourth-order valence-electron chi connectivity index (χ4n) is 3.18. The first-order chi connectivity index (χ1) is 13.7. The van der Waals surface area contributed by atoms with Gasteiger partial charge in [0.25, 0.3) is 5.91 Å². The van der Waals surface area contributed by atoms with Gasteiger partial charge >= 0.3 is 0 Å². The van der Waals surface area contributed by atoms with Crippen molar-refractivity contribution in [3.05, 3.63) is 58.9 Å². The third-order valence-electron chi connectivity index (χ3n) is 4.69. The number of carbonyl (C=O) groups excluding carboxylic acids is 1. The zero-order valence-corrected chi connectivity index (χ0v) is 17.5. The Hall–Kier alpha value is -2.44. The minimum Gasteiger partial charge on any atom is -0.380 e. The highest BCUT2D eigenvalue weighted by Gasteiger charge is 2.10. The summed E-state index contributed by atoms with van der Waals surface area (Å²) in [7, 11) is 0. The van der Waals surface area contributed by atoms with Crippen LogP contribution in [0.15, 0.2) is 53.5 Å². The molecule has 0 fully saturated rings. The molecule has 2 aromatic carbocycles. The van der Waals surface area contributed by atoms with Gasteiger partial charge < -0.3 is 14.2 Å². The Balaban J connectivity index is 1.92. The lowest BCUT2D eigenvalue weighted by Crippen LogP contribution is -2.21. The van der Waals surface area contributed by atoms with Gasteiger partial charge in [-0.05, 0) is 57.2 Å². The second-order valence-electron chi connectivity index (χ2n) is 6.34. The fraction of sp³-hybridized carbons (Fsp3) is 0.364. The summed E-state index contributed by atoms with van der Waals surface area (Å²) in [5, 5.41) is 0. The van der Waals surface area contributed by atoms with Gasteiger partial charge in [0.05, 0.1) is 16.8 Å². The van der Waals surface area contributed by atoms with Gasteiger partial charge in [-0.1, -0.05) is 23.5 Å². The number of aromatic nitrogens is 1. The van der Waals surface area contributed by atoms with Crippen LogP contribution in [-0.4, -0.2) is 36.8 Å². The molecule has 0 bridgehead atoms. The van der Waals surface area contributed by atoms with Crippen LogP contribution >= 0.6 is 11.3 Å². The van der Waals surface area contributed by atoms with Crippen molar-refractivity contribution in [2.75, 3.05) is 31.2 Å². The molecule has 0 saturated carbocycles. The van der Waals surface area contributed by atoms with Crippen LogP contribution in [0.1, 0.15) is 31.1 Å². The minimum atomic E-state index is -0.220. The summed E-state index contributed by atoms with van der Waals surface area (Å²) < 4.78 is 8.69. The van der Waals surface area contributed by atoms with E-state index in [-0.39, 0.29) is 5.91 Å². The van der Waals surface area contributed by atoms with Crippen molar-refractivity contribution >= 4 is 33.1 Å². The predicted octanol–water partition coefficient (Wildman–Crippen LogP) is 4.33. The van der Waals surface area contributed by atoms with Crippen LogP contribution in [0.4, 0.5) is 5.69 Å². The maximum atomic E-state index is 12.8. The van der Waals surface area contributed by atoms with Gasteiger partial charge in [0.1, 0.15) is 0 Å². The van der Waals surface area contributed by atoms with Gasteiger partial charge in [-0.2, -0.15) is 4.99 Å². The molecular weight excluding hydrogens is 370 g/mol. The van der Waals surface area contributed by atoms with E-state index < -0.39 is 0 Å².